The first kappa shape index (κ1) is 14.5. The number of rotatable bonds is 5. The van der Waals surface area contributed by atoms with Crippen molar-refractivity contribution >= 4 is 15.9 Å². The molecule has 0 bridgehead atoms. The van der Waals surface area contributed by atoms with Crippen LogP contribution in [0.2, 0.25) is 0 Å². The molecule has 0 saturated carbocycles. The smallest absolute Gasteiger partial charge is 0.202 e. The van der Waals surface area contributed by atoms with E-state index in [0.717, 1.165) is 12.0 Å². The number of hydrogen-bond acceptors (Lipinski definition) is 2. The van der Waals surface area contributed by atoms with Crippen molar-refractivity contribution in [3.63, 3.8) is 0 Å². The van der Waals surface area contributed by atoms with E-state index in [1.807, 2.05) is 43.3 Å². The fourth-order valence-corrected chi connectivity index (χ4v) is 3.60. The predicted octanol–water partition coefficient (Wildman–Crippen LogP) is 4.30. The standard InChI is InChI=1S/C17H18O2S/c1-2-9-17(14-15-10-5-3-6-11-15)20(18,19)16-12-7-4-8-13-16/h3-8,10-14H,2,9H2,1H3/b17-14-. The Bertz CT molecular complexity index is 671. The molecule has 0 saturated heterocycles. The van der Waals surface area contributed by atoms with Gasteiger partial charge in [0.1, 0.15) is 0 Å². The SMILES string of the molecule is CCC/C(=C/c1ccccc1)S(=O)(=O)c1ccccc1. The van der Waals surface area contributed by atoms with E-state index in [1.54, 1.807) is 30.3 Å². The van der Waals surface area contributed by atoms with Crippen LogP contribution in [-0.2, 0) is 9.84 Å². The highest BCUT2D eigenvalue weighted by atomic mass is 32.2. The molecule has 0 N–H and O–H groups in total. The second kappa shape index (κ2) is 6.53. The van der Waals surface area contributed by atoms with Gasteiger partial charge >= 0.3 is 0 Å². The van der Waals surface area contributed by atoms with Gasteiger partial charge in [-0.05, 0) is 30.2 Å². The first-order chi connectivity index (χ1) is 9.64. The molecule has 20 heavy (non-hydrogen) atoms. The van der Waals surface area contributed by atoms with Crippen molar-refractivity contribution in [2.24, 2.45) is 0 Å². The summed E-state index contributed by atoms with van der Waals surface area (Å²) in [5.74, 6) is 0. The summed E-state index contributed by atoms with van der Waals surface area (Å²) in [6.07, 6.45) is 3.11. The quantitative estimate of drug-likeness (QED) is 0.821. The maximum Gasteiger partial charge on any atom is 0.202 e. The van der Waals surface area contributed by atoms with Crippen LogP contribution in [0.15, 0.2) is 70.5 Å². The predicted molar refractivity (Wildman–Crippen MR) is 83.0 cm³/mol. The Balaban J connectivity index is 2.46. The van der Waals surface area contributed by atoms with E-state index in [0.29, 0.717) is 16.2 Å². The van der Waals surface area contributed by atoms with Gasteiger partial charge in [0.15, 0.2) is 0 Å². The van der Waals surface area contributed by atoms with Gasteiger partial charge in [0, 0.05) is 4.91 Å². The van der Waals surface area contributed by atoms with Gasteiger partial charge in [-0.25, -0.2) is 8.42 Å². The van der Waals surface area contributed by atoms with Crippen molar-refractivity contribution in [2.75, 3.05) is 0 Å². The second-order valence-electron chi connectivity index (χ2n) is 4.59. The molecule has 0 aliphatic heterocycles. The van der Waals surface area contributed by atoms with Crippen LogP contribution in [0.3, 0.4) is 0 Å². The summed E-state index contributed by atoms with van der Waals surface area (Å²) in [5, 5.41) is 0. The Labute approximate surface area is 120 Å². The van der Waals surface area contributed by atoms with Crippen LogP contribution in [-0.4, -0.2) is 8.42 Å². The topological polar surface area (TPSA) is 34.1 Å². The van der Waals surface area contributed by atoms with Gasteiger partial charge in [-0.3, -0.25) is 0 Å². The van der Waals surface area contributed by atoms with E-state index in [1.165, 1.54) is 0 Å². The van der Waals surface area contributed by atoms with E-state index in [4.69, 9.17) is 0 Å². The minimum Gasteiger partial charge on any atom is -0.219 e. The van der Waals surface area contributed by atoms with Crippen LogP contribution < -0.4 is 0 Å². The summed E-state index contributed by atoms with van der Waals surface area (Å²) in [6.45, 7) is 1.99. The monoisotopic (exact) mass is 286 g/mol. The molecule has 0 heterocycles. The van der Waals surface area contributed by atoms with Crippen molar-refractivity contribution in [2.45, 2.75) is 24.7 Å². The molecule has 2 aromatic rings. The van der Waals surface area contributed by atoms with Crippen LogP contribution in [0.5, 0.6) is 0 Å². The first-order valence-electron chi connectivity index (χ1n) is 6.70. The maximum absolute atomic E-state index is 12.7. The molecule has 0 radical (unpaired) electrons. The van der Waals surface area contributed by atoms with E-state index in [-0.39, 0.29) is 0 Å². The Hall–Kier alpha value is -1.87. The molecule has 104 valence electrons. The highest BCUT2D eigenvalue weighted by Crippen LogP contribution is 2.24. The molecular weight excluding hydrogens is 268 g/mol. The minimum atomic E-state index is -3.40. The Morgan fingerprint density at radius 1 is 0.950 bits per heavy atom. The summed E-state index contributed by atoms with van der Waals surface area (Å²) in [7, 11) is -3.40. The van der Waals surface area contributed by atoms with Gasteiger partial charge in [-0.1, -0.05) is 61.9 Å². The molecule has 0 unspecified atom stereocenters. The normalized spacial score (nSPS) is 12.3. The zero-order valence-electron chi connectivity index (χ0n) is 11.5. The van der Waals surface area contributed by atoms with Crippen LogP contribution in [0.1, 0.15) is 25.3 Å². The summed E-state index contributed by atoms with van der Waals surface area (Å²) >= 11 is 0. The zero-order valence-corrected chi connectivity index (χ0v) is 12.3. The summed E-state index contributed by atoms with van der Waals surface area (Å²) in [4.78, 5) is 0.827. The third-order valence-corrected chi connectivity index (χ3v) is 4.93. The molecule has 2 nitrogen and oxygen atoms in total. The average Bonchev–Trinajstić information content (AvgIpc) is 2.49. The van der Waals surface area contributed by atoms with E-state index in [2.05, 4.69) is 0 Å². The molecule has 0 atom stereocenters. The Morgan fingerprint density at radius 3 is 2.05 bits per heavy atom. The molecule has 0 spiro atoms. The van der Waals surface area contributed by atoms with E-state index in [9.17, 15) is 8.42 Å². The van der Waals surface area contributed by atoms with Crippen LogP contribution in [0.4, 0.5) is 0 Å². The van der Waals surface area contributed by atoms with Crippen molar-refractivity contribution in [3.05, 3.63) is 71.1 Å². The van der Waals surface area contributed by atoms with Crippen molar-refractivity contribution in [1.29, 1.82) is 0 Å². The molecule has 3 heteroatoms. The van der Waals surface area contributed by atoms with Crippen LogP contribution >= 0.6 is 0 Å². The summed E-state index contributed by atoms with van der Waals surface area (Å²) in [5.41, 5.74) is 0.912. The molecule has 0 fully saturated rings. The van der Waals surface area contributed by atoms with Gasteiger partial charge in [0.25, 0.3) is 0 Å². The van der Waals surface area contributed by atoms with Crippen LogP contribution in [0, 0.1) is 0 Å². The maximum atomic E-state index is 12.7. The van der Waals surface area contributed by atoms with Gasteiger partial charge in [-0.2, -0.15) is 0 Å². The third-order valence-electron chi connectivity index (χ3n) is 3.02. The lowest BCUT2D eigenvalue weighted by Gasteiger charge is -2.08. The first-order valence-corrected chi connectivity index (χ1v) is 8.18. The van der Waals surface area contributed by atoms with Gasteiger partial charge in [0.05, 0.1) is 4.90 Å². The van der Waals surface area contributed by atoms with Gasteiger partial charge in [-0.15, -0.1) is 0 Å². The Morgan fingerprint density at radius 2 is 1.50 bits per heavy atom. The van der Waals surface area contributed by atoms with Gasteiger partial charge < -0.3 is 0 Å². The number of hydrogen-bond donors (Lipinski definition) is 0. The number of allylic oxidation sites excluding steroid dienone is 1. The molecule has 2 rings (SSSR count). The minimum absolute atomic E-state index is 0.357. The van der Waals surface area contributed by atoms with Crippen molar-refractivity contribution in [3.8, 4) is 0 Å². The Kier molecular flexibility index (Phi) is 4.74. The van der Waals surface area contributed by atoms with Crippen molar-refractivity contribution < 1.29 is 8.42 Å². The molecular formula is C17H18O2S. The highest BCUT2D eigenvalue weighted by molar-refractivity contribution is 7.95. The number of benzene rings is 2. The van der Waals surface area contributed by atoms with Gasteiger partial charge in [0.2, 0.25) is 9.84 Å². The lowest BCUT2D eigenvalue weighted by Crippen LogP contribution is -2.04. The molecule has 2 aromatic carbocycles. The molecule has 0 aromatic heterocycles. The third kappa shape index (κ3) is 3.36. The fourth-order valence-electron chi connectivity index (χ4n) is 2.02. The highest BCUT2D eigenvalue weighted by Gasteiger charge is 2.19. The largest absolute Gasteiger partial charge is 0.219 e. The second-order valence-corrected chi connectivity index (χ2v) is 6.59. The lowest BCUT2D eigenvalue weighted by molar-refractivity contribution is 0.600. The van der Waals surface area contributed by atoms with Crippen LogP contribution in [0.25, 0.3) is 6.08 Å². The van der Waals surface area contributed by atoms with E-state index >= 15 is 0 Å². The number of sulfone groups is 1. The molecule has 0 aliphatic rings. The zero-order chi connectivity index (χ0) is 14.4. The fraction of sp³-hybridized carbons (Fsp3) is 0.176. The summed E-state index contributed by atoms with van der Waals surface area (Å²) < 4.78 is 25.3. The average molecular weight is 286 g/mol. The molecule has 0 amide bonds. The van der Waals surface area contributed by atoms with Crippen molar-refractivity contribution in [1.82, 2.24) is 0 Å². The summed E-state index contributed by atoms with van der Waals surface area (Å²) in [6, 6.07) is 18.2. The lowest BCUT2D eigenvalue weighted by atomic mass is 10.2. The molecule has 0 aliphatic carbocycles. The van der Waals surface area contributed by atoms with E-state index < -0.39 is 9.84 Å².